The van der Waals surface area contributed by atoms with Crippen LogP contribution in [-0.4, -0.2) is 37.4 Å². The molecule has 1 unspecified atom stereocenters. The van der Waals surface area contributed by atoms with Crippen molar-refractivity contribution in [3.05, 3.63) is 0 Å². The van der Waals surface area contributed by atoms with E-state index in [1.54, 1.807) is 0 Å². The summed E-state index contributed by atoms with van der Waals surface area (Å²) in [6.07, 6.45) is 3.32. The molecule has 1 saturated heterocycles. The SMILES string of the molecule is CCN1CCCC1C=O.CN. The van der Waals surface area contributed by atoms with E-state index in [1.807, 2.05) is 0 Å². The van der Waals surface area contributed by atoms with E-state index in [1.165, 1.54) is 13.5 Å². The van der Waals surface area contributed by atoms with Gasteiger partial charge < -0.3 is 10.5 Å². The smallest absolute Gasteiger partial charge is 0.137 e. The summed E-state index contributed by atoms with van der Waals surface area (Å²) in [5.74, 6) is 0. The van der Waals surface area contributed by atoms with Crippen LogP contribution in [0.5, 0.6) is 0 Å². The molecule has 0 aromatic rings. The van der Waals surface area contributed by atoms with Crippen molar-refractivity contribution in [1.29, 1.82) is 0 Å². The second kappa shape index (κ2) is 6.31. The van der Waals surface area contributed by atoms with Gasteiger partial charge in [-0.3, -0.25) is 4.90 Å². The van der Waals surface area contributed by atoms with Crippen molar-refractivity contribution in [1.82, 2.24) is 4.90 Å². The molecule has 1 aliphatic heterocycles. The number of hydrogen-bond acceptors (Lipinski definition) is 3. The Morgan fingerprint density at radius 1 is 1.64 bits per heavy atom. The van der Waals surface area contributed by atoms with E-state index < -0.39 is 0 Å². The minimum Gasteiger partial charge on any atom is -0.333 e. The monoisotopic (exact) mass is 158 g/mol. The summed E-state index contributed by atoms with van der Waals surface area (Å²) in [4.78, 5) is 12.6. The van der Waals surface area contributed by atoms with Gasteiger partial charge in [0.1, 0.15) is 6.29 Å². The molecule has 66 valence electrons. The van der Waals surface area contributed by atoms with Gasteiger partial charge in [-0.1, -0.05) is 6.92 Å². The van der Waals surface area contributed by atoms with E-state index in [9.17, 15) is 4.79 Å². The molecule has 0 amide bonds. The highest BCUT2D eigenvalue weighted by Gasteiger charge is 2.21. The van der Waals surface area contributed by atoms with Gasteiger partial charge in [-0.15, -0.1) is 0 Å². The van der Waals surface area contributed by atoms with E-state index >= 15 is 0 Å². The molecule has 0 saturated carbocycles. The lowest BCUT2D eigenvalue weighted by molar-refractivity contribution is -0.111. The summed E-state index contributed by atoms with van der Waals surface area (Å²) in [6, 6.07) is 0.231. The van der Waals surface area contributed by atoms with Crippen LogP contribution < -0.4 is 5.73 Å². The molecule has 0 aromatic carbocycles. The summed E-state index contributed by atoms with van der Waals surface area (Å²) in [6.45, 7) is 4.23. The number of hydrogen-bond donors (Lipinski definition) is 1. The molecule has 0 aromatic heterocycles. The van der Waals surface area contributed by atoms with Crippen molar-refractivity contribution in [3.8, 4) is 0 Å². The summed E-state index contributed by atoms with van der Waals surface area (Å²) >= 11 is 0. The van der Waals surface area contributed by atoms with Crippen molar-refractivity contribution < 1.29 is 4.79 Å². The number of carbonyl (C=O) groups excluding carboxylic acids is 1. The Balaban J connectivity index is 0.000000461. The first-order valence-electron chi connectivity index (χ1n) is 4.15. The van der Waals surface area contributed by atoms with Gasteiger partial charge in [-0.05, 0) is 33.0 Å². The number of aldehydes is 1. The fraction of sp³-hybridized carbons (Fsp3) is 0.875. The third kappa shape index (κ3) is 2.99. The predicted molar refractivity (Wildman–Crippen MR) is 46.4 cm³/mol. The lowest BCUT2D eigenvalue weighted by Crippen LogP contribution is -2.29. The minimum atomic E-state index is 0.231. The molecule has 1 rings (SSSR count). The Hall–Kier alpha value is -0.410. The van der Waals surface area contributed by atoms with Crippen LogP contribution in [0.15, 0.2) is 0 Å². The zero-order valence-corrected chi connectivity index (χ0v) is 7.42. The van der Waals surface area contributed by atoms with E-state index in [4.69, 9.17) is 0 Å². The molecule has 0 bridgehead atoms. The molecule has 1 aliphatic rings. The van der Waals surface area contributed by atoms with Crippen LogP contribution in [0.3, 0.4) is 0 Å². The van der Waals surface area contributed by atoms with Crippen LogP contribution in [0, 0.1) is 0 Å². The van der Waals surface area contributed by atoms with Gasteiger partial charge in [0.2, 0.25) is 0 Å². The maximum Gasteiger partial charge on any atom is 0.137 e. The van der Waals surface area contributed by atoms with E-state index in [2.05, 4.69) is 17.6 Å². The Kier molecular flexibility index (Phi) is 6.07. The number of carbonyl (C=O) groups is 1. The van der Waals surface area contributed by atoms with Gasteiger partial charge in [0.25, 0.3) is 0 Å². The molecule has 1 atom stereocenters. The van der Waals surface area contributed by atoms with Crippen LogP contribution in [0.2, 0.25) is 0 Å². The largest absolute Gasteiger partial charge is 0.333 e. The zero-order chi connectivity index (χ0) is 8.69. The Labute approximate surface area is 68.6 Å². The summed E-state index contributed by atoms with van der Waals surface area (Å²) in [5.41, 5.74) is 4.50. The van der Waals surface area contributed by atoms with Crippen molar-refractivity contribution in [2.45, 2.75) is 25.8 Å². The van der Waals surface area contributed by atoms with E-state index in [-0.39, 0.29) is 6.04 Å². The average molecular weight is 158 g/mol. The van der Waals surface area contributed by atoms with Gasteiger partial charge in [-0.2, -0.15) is 0 Å². The molecule has 0 aliphatic carbocycles. The van der Waals surface area contributed by atoms with Crippen LogP contribution in [0.25, 0.3) is 0 Å². The zero-order valence-electron chi connectivity index (χ0n) is 7.42. The highest BCUT2D eigenvalue weighted by molar-refractivity contribution is 5.58. The van der Waals surface area contributed by atoms with Gasteiger partial charge in [0, 0.05) is 0 Å². The number of likely N-dealkylation sites (N-methyl/N-ethyl adjacent to an activating group) is 1. The lowest BCUT2D eigenvalue weighted by atomic mass is 10.2. The summed E-state index contributed by atoms with van der Waals surface area (Å²) < 4.78 is 0. The normalized spacial score (nSPS) is 24.1. The first-order valence-corrected chi connectivity index (χ1v) is 4.15. The molecular weight excluding hydrogens is 140 g/mol. The Morgan fingerprint density at radius 2 is 2.27 bits per heavy atom. The average Bonchev–Trinajstić information content (AvgIpc) is 2.54. The first-order chi connectivity index (χ1) is 5.38. The maximum absolute atomic E-state index is 10.3. The number of nitrogens with two attached hydrogens (primary N) is 1. The second-order valence-electron chi connectivity index (χ2n) is 2.47. The molecule has 0 radical (unpaired) electrons. The van der Waals surface area contributed by atoms with Crippen LogP contribution in [-0.2, 0) is 4.79 Å². The van der Waals surface area contributed by atoms with Crippen LogP contribution >= 0.6 is 0 Å². The molecule has 11 heavy (non-hydrogen) atoms. The van der Waals surface area contributed by atoms with Crippen molar-refractivity contribution in [2.75, 3.05) is 20.1 Å². The minimum absolute atomic E-state index is 0.231. The van der Waals surface area contributed by atoms with Gasteiger partial charge in [0.15, 0.2) is 0 Å². The van der Waals surface area contributed by atoms with Crippen LogP contribution in [0.1, 0.15) is 19.8 Å². The fourth-order valence-corrected chi connectivity index (χ4v) is 1.40. The van der Waals surface area contributed by atoms with Crippen molar-refractivity contribution in [3.63, 3.8) is 0 Å². The van der Waals surface area contributed by atoms with Gasteiger partial charge in [-0.25, -0.2) is 0 Å². The highest BCUT2D eigenvalue weighted by Crippen LogP contribution is 2.13. The maximum atomic E-state index is 10.3. The van der Waals surface area contributed by atoms with Crippen molar-refractivity contribution in [2.24, 2.45) is 5.73 Å². The van der Waals surface area contributed by atoms with Gasteiger partial charge in [0.05, 0.1) is 6.04 Å². The molecule has 0 spiro atoms. The Morgan fingerprint density at radius 3 is 2.64 bits per heavy atom. The third-order valence-corrected chi connectivity index (χ3v) is 1.98. The fourth-order valence-electron chi connectivity index (χ4n) is 1.40. The first kappa shape index (κ1) is 10.6. The van der Waals surface area contributed by atoms with Crippen LogP contribution in [0.4, 0.5) is 0 Å². The number of rotatable bonds is 2. The topological polar surface area (TPSA) is 46.3 Å². The van der Waals surface area contributed by atoms with E-state index in [0.717, 1.165) is 25.8 Å². The number of likely N-dealkylation sites (tertiary alicyclic amines) is 1. The Bertz CT molecular complexity index is 106. The number of nitrogens with zero attached hydrogens (tertiary/aromatic N) is 1. The molecular formula is C8H18N2O. The molecule has 3 heteroatoms. The highest BCUT2D eigenvalue weighted by atomic mass is 16.1. The molecule has 1 heterocycles. The summed E-state index contributed by atoms with van der Waals surface area (Å²) in [7, 11) is 1.50. The molecule has 1 fully saturated rings. The molecule has 2 N–H and O–H groups in total. The van der Waals surface area contributed by atoms with Gasteiger partial charge >= 0.3 is 0 Å². The van der Waals surface area contributed by atoms with Crippen molar-refractivity contribution >= 4 is 6.29 Å². The quantitative estimate of drug-likeness (QED) is 0.586. The molecule has 3 nitrogen and oxygen atoms in total. The second-order valence-corrected chi connectivity index (χ2v) is 2.47. The van der Waals surface area contributed by atoms with E-state index in [0.29, 0.717) is 0 Å². The predicted octanol–water partition coefficient (Wildman–Crippen LogP) is 0.244. The summed E-state index contributed by atoms with van der Waals surface area (Å²) in [5, 5.41) is 0. The third-order valence-electron chi connectivity index (χ3n) is 1.98. The lowest BCUT2D eigenvalue weighted by Gasteiger charge is -2.16. The standard InChI is InChI=1S/C7H13NO.CH5N/c1-2-8-5-3-4-7(8)6-9;1-2/h6-7H,2-5H2,1H3;2H2,1H3.